The SMILES string of the molecule is Cc1[nH]ncc1S(=O)(=O)Nc1ccc(C(=O)O)cc1N. The summed E-state index contributed by atoms with van der Waals surface area (Å²) in [4.78, 5) is 10.8. The van der Waals surface area contributed by atoms with Crippen LogP contribution in [0.15, 0.2) is 29.3 Å². The third-order valence-corrected chi connectivity index (χ3v) is 4.10. The third kappa shape index (κ3) is 2.57. The van der Waals surface area contributed by atoms with Crippen molar-refractivity contribution in [2.75, 3.05) is 10.5 Å². The number of nitrogens with zero attached hydrogens (tertiary/aromatic N) is 1. The lowest BCUT2D eigenvalue weighted by molar-refractivity contribution is 0.0697. The molecule has 1 heterocycles. The van der Waals surface area contributed by atoms with Gasteiger partial charge in [0, 0.05) is 0 Å². The quantitative estimate of drug-likeness (QED) is 0.615. The van der Waals surface area contributed by atoms with E-state index in [1.807, 2.05) is 0 Å². The molecule has 8 nitrogen and oxygen atoms in total. The maximum absolute atomic E-state index is 12.1. The van der Waals surface area contributed by atoms with Gasteiger partial charge in [0.05, 0.1) is 28.8 Å². The van der Waals surface area contributed by atoms with Gasteiger partial charge in [-0.3, -0.25) is 9.82 Å². The maximum Gasteiger partial charge on any atom is 0.335 e. The number of anilines is 2. The molecule has 0 aliphatic rings. The molecule has 0 aliphatic carbocycles. The number of carbonyl (C=O) groups is 1. The largest absolute Gasteiger partial charge is 0.478 e. The molecule has 0 fully saturated rings. The molecule has 0 atom stereocenters. The summed E-state index contributed by atoms with van der Waals surface area (Å²) >= 11 is 0. The highest BCUT2D eigenvalue weighted by molar-refractivity contribution is 7.92. The Morgan fingerprint density at radius 2 is 2.15 bits per heavy atom. The van der Waals surface area contributed by atoms with Crippen molar-refractivity contribution < 1.29 is 18.3 Å². The van der Waals surface area contributed by atoms with Gasteiger partial charge in [0.1, 0.15) is 4.90 Å². The highest BCUT2D eigenvalue weighted by Crippen LogP contribution is 2.24. The Balaban J connectivity index is 2.36. The minimum absolute atomic E-state index is 0.000730. The first kappa shape index (κ1) is 13.9. The molecule has 9 heteroatoms. The number of H-pyrrole nitrogens is 1. The van der Waals surface area contributed by atoms with Gasteiger partial charge in [-0.2, -0.15) is 5.10 Å². The first-order valence-corrected chi connectivity index (χ1v) is 6.95. The van der Waals surface area contributed by atoms with E-state index in [1.54, 1.807) is 6.92 Å². The first-order valence-electron chi connectivity index (χ1n) is 5.47. The minimum atomic E-state index is -3.83. The summed E-state index contributed by atoms with van der Waals surface area (Å²) in [5.41, 5.74) is 6.14. The van der Waals surface area contributed by atoms with Gasteiger partial charge in [0.15, 0.2) is 0 Å². The summed E-state index contributed by atoms with van der Waals surface area (Å²) in [5.74, 6) is -1.14. The summed E-state index contributed by atoms with van der Waals surface area (Å²) in [6.45, 7) is 1.57. The summed E-state index contributed by atoms with van der Waals surface area (Å²) in [7, 11) is -3.83. The van der Waals surface area contributed by atoms with E-state index < -0.39 is 16.0 Å². The number of aromatic nitrogens is 2. The molecule has 1 aromatic carbocycles. The predicted molar refractivity (Wildman–Crippen MR) is 71.9 cm³/mol. The van der Waals surface area contributed by atoms with Gasteiger partial charge < -0.3 is 10.8 Å². The van der Waals surface area contributed by atoms with E-state index in [4.69, 9.17) is 10.8 Å². The van der Waals surface area contributed by atoms with Crippen molar-refractivity contribution in [3.63, 3.8) is 0 Å². The molecule has 0 aliphatic heterocycles. The molecule has 0 unspecified atom stereocenters. The Kier molecular flexibility index (Phi) is 3.36. The van der Waals surface area contributed by atoms with E-state index in [1.165, 1.54) is 24.4 Å². The highest BCUT2D eigenvalue weighted by Gasteiger charge is 2.20. The molecule has 0 saturated carbocycles. The maximum atomic E-state index is 12.1. The molecule has 20 heavy (non-hydrogen) atoms. The molecule has 5 N–H and O–H groups in total. The summed E-state index contributed by atoms with van der Waals surface area (Å²) in [6, 6.07) is 3.74. The van der Waals surface area contributed by atoms with Crippen LogP contribution in [0.3, 0.4) is 0 Å². The molecule has 2 rings (SSSR count). The molecule has 0 radical (unpaired) electrons. The van der Waals surface area contributed by atoms with Crippen LogP contribution in [0.4, 0.5) is 11.4 Å². The van der Waals surface area contributed by atoms with Crippen LogP contribution in [0.5, 0.6) is 0 Å². The second kappa shape index (κ2) is 4.85. The number of sulfonamides is 1. The van der Waals surface area contributed by atoms with Crippen LogP contribution in [0.1, 0.15) is 16.1 Å². The van der Waals surface area contributed by atoms with E-state index >= 15 is 0 Å². The number of aromatic carboxylic acids is 1. The topological polar surface area (TPSA) is 138 Å². The van der Waals surface area contributed by atoms with E-state index in [-0.39, 0.29) is 21.8 Å². The van der Waals surface area contributed by atoms with Gasteiger partial charge in [0.2, 0.25) is 0 Å². The summed E-state index contributed by atoms with van der Waals surface area (Å²) < 4.78 is 26.5. The Hall–Kier alpha value is -2.55. The van der Waals surface area contributed by atoms with Crippen LogP contribution >= 0.6 is 0 Å². The molecule has 2 aromatic rings. The van der Waals surface area contributed by atoms with Crippen LogP contribution in [-0.4, -0.2) is 29.7 Å². The van der Waals surface area contributed by atoms with Crippen molar-refractivity contribution in [3.8, 4) is 0 Å². The number of aromatic amines is 1. The number of aryl methyl sites for hydroxylation is 1. The number of rotatable bonds is 4. The normalized spacial score (nSPS) is 11.2. The second-order valence-corrected chi connectivity index (χ2v) is 5.72. The molecule has 0 bridgehead atoms. The standard InChI is InChI=1S/C11H12N4O4S/c1-6-10(5-13-14-6)20(18,19)15-9-3-2-7(11(16)17)4-8(9)12/h2-5,15H,12H2,1H3,(H,13,14)(H,16,17). The fraction of sp³-hybridized carbons (Fsp3) is 0.0909. The van der Waals surface area contributed by atoms with E-state index in [0.29, 0.717) is 5.69 Å². The highest BCUT2D eigenvalue weighted by atomic mass is 32.2. The second-order valence-electron chi connectivity index (χ2n) is 4.07. The lowest BCUT2D eigenvalue weighted by Gasteiger charge is -2.10. The molecule has 0 saturated heterocycles. The zero-order valence-electron chi connectivity index (χ0n) is 10.4. The fourth-order valence-corrected chi connectivity index (χ4v) is 2.82. The van der Waals surface area contributed by atoms with Crippen molar-refractivity contribution >= 4 is 27.4 Å². The minimum Gasteiger partial charge on any atom is -0.478 e. The van der Waals surface area contributed by atoms with Crippen LogP contribution in [-0.2, 0) is 10.0 Å². The fourth-order valence-electron chi connectivity index (χ4n) is 1.60. The van der Waals surface area contributed by atoms with E-state index in [2.05, 4.69) is 14.9 Å². The van der Waals surface area contributed by atoms with Gasteiger partial charge in [-0.25, -0.2) is 13.2 Å². The number of nitrogen functional groups attached to an aromatic ring is 1. The van der Waals surface area contributed by atoms with Crippen LogP contribution in [0.2, 0.25) is 0 Å². The first-order chi connectivity index (χ1) is 9.31. The number of benzene rings is 1. The van der Waals surface area contributed by atoms with Crippen molar-refractivity contribution in [1.29, 1.82) is 0 Å². The Labute approximate surface area is 114 Å². The number of hydrogen-bond acceptors (Lipinski definition) is 5. The van der Waals surface area contributed by atoms with Crippen LogP contribution < -0.4 is 10.5 Å². The number of carboxylic acid groups (broad SMARTS) is 1. The average molecular weight is 296 g/mol. The van der Waals surface area contributed by atoms with Crippen molar-refractivity contribution in [2.24, 2.45) is 0 Å². The Bertz CT molecular complexity index is 766. The van der Waals surface area contributed by atoms with Gasteiger partial charge in [0.25, 0.3) is 10.0 Å². The van der Waals surface area contributed by atoms with Crippen LogP contribution in [0, 0.1) is 6.92 Å². The van der Waals surface area contributed by atoms with Crippen molar-refractivity contribution in [1.82, 2.24) is 10.2 Å². The lowest BCUT2D eigenvalue weighted by Crippen LogP contribution is -2.15. The van der Waals surface area contributed by atoms with E-state index in [0.717, 1.165) is 0 Å². The molecule has 1 aromatic heterocycles. The predicted octanol–water partition coefficient (Wildman–Crippen LogP) is 0.799. The zero-order valence-corrected chi connectivity index (χ0v) is 11.2. The number of nitrogens with two attached hydrogens (primary N) is 1. The van der Waals surface area contributed by atoms with Gasteiger partial charge in [-0.05, 0) is 25.1 Å². The summed E-state index contributed by atoms with van der Waals surface area (Å²) in [6.07, 6.45) is 1.18. The smallest absolute Gasteiger partial charge is 0.335 e. The molecular weight excluding hydrogens is 284 g/mol. The van der Waals surface area contributed by atoms with E-state index in [9.17, 15) is 13.2 Å². The number of carboxylic acids is 1. The summed E-state index contributed by atoms with van der Waals surface area (Å²) in [5, 5.41) is 15.0. The molecule has 0 spiro atoms. The molecule has 106 valence electrons. The van der Waals surface area contributed by atoms with Crippen molar-refractivity contribution in [3.05, 3.63) is 35.7 Å². The van der Waals surface area contributed by atoms with Crippen LogP contribution in [0.25, 0.3) is 0 Å². The molecule has 0 amide bonds. The van der Waals surface area contributed by atoms with Gasteiger partial charge >= 0.3 is 5.97 Å². The van der Waals surface area contributed by atoms with Gasteiger partial charge in [-0.1, -0.05) is 0 Å². The Morgan fingerprint density at radius 1 is 1.45 bits per heavy atom. The zero-order chi connectivity index (χ0) is 14.9. The monoisotopic (exact) mass is 296 g/mol. The molecular formula is C11H12N4O4S. The van der Waals surface area contributed by atoms with Crippen molar-refractivity contribution in [2.45, 2.75) is 11.8 Å². The number of hydrogen-bond donors (Lipinski definition) is 4. The lowest BCUT2D eigenvalue weighted by atomic mass is 10.2. The number of nitrogens with one attached hydrogen (secondary N) is 2. The average Bonchev–Trinajstić information content (AvgIpc) is 2.78. The third-order valence-electron chi connectivity index (χ3n) is 2.62. The Morgan fingerprint density at radius 3 is 2.65 bits per heavy atom. The van der Waals surface area contributed by atoms with Gasteiger partial charge in [-0.15, -0.1) is 0 Å².